The van der Waals surface area contributed by atoms with Crippen LogP contribution in [0.4, 0.5) is 5.69 Å². The van der Waals surface area contributed by atoms with Crippen molar-refractivity contribution in [1.29, 1.82) is 0 Å². The van der Waals surface area contributed by atoms with Crippen LogP contribution in [0.15, 0.2) is 42.5 Å². The molecule has 0 aromatic heterocycles. The second-order valence-electron chi connectivity index (χ2n) is 8.30. The molecule has 2 aliphatic rings. The fraction of sp³-hybridized carbons (Fsp3) is 0.423. The van der Waals surface area contributed by atoms with E-state index in [1.807, 2.05) is 12.1 Å². The topological polar surface area (TPSA) is 94.6 Å². The van der Waals surface area contributed by atoms with Gasteiger partial charge in [-0.15, -0.1) is 0 Å². The van der Waals surface area contributed by atoms with Crippen molar-refractivity contribution >= 4 is 23.5 Å². The quantitative estimate of drug-likeness (QED) is 0.605. The molecule has 4 rings (SSSR count). The number of fused-ring (bicyclic) bond motifs is 2. The zero-order valence-corrected chi connectivity index (χ0v) is 20.0. The predicted octanol–water partition coefficient (Wildman–Crippen LogP) is 2.98. The van der Waals surface area contributed by atoms with Crippen molar-refractivity contribution in [1.82, 2.24) is 4.90 Å². The molecule has 0 radical (unpaired) electrons. The van der Waals surface area contributed by atoms with Gasteiger partial charge in [0.1, 0.15) is 13.1 Å². The lowest BCUT2D eigenvalue weighted by Gasteiger charge is -2.27. The second kappa shape index (κ2) is 11.2. The predicted molar refractivity (Wildman–Crippen MR) is 128 cm³/mol. The molecule has 0 bridgehead atoms. The molecule has 9 nitrogen and oxygen atoms in total. The summed E-state index contributed by atoms with van der Waals surface area (Å²) in [6.07, 6.45) is 0.860. The highest BCUT2D eigenvalue weighted by molar-refractivity contribution is 6.03. The number of para-hydroxylation sites is 1. The fourth-order valence-electron chi connectivity index (χ4n) is 4.30. The standard InChI is InChI=1S/C26H30N2O7/c1-3-33-25(30)17-28-20-8-5-4-7-19(20)21(32-2)11-12-27(16-24(28)29)26(31)18-9-10-22-23(15-18)35-14-6-13-34-22/h4-5,7-10,15,21H,3,6,11-14,16-17H2,1-2H3. The van der Waals surface area contributed by atoms with E-state index < -0.39 is 5.97 Å². The maximum absolute atomic E-state index is 13.5. The molecule has 2 aliphatic heterocycles. The largest absolute Gasteiger partial charge is 0.490 e. The van der Waals surface area contributed by atoms with Gasteiger partial charge in [-0.05, 0) is 37.6 Å². The molecule has 2 aromatic rings. The van der Waals surface area contributed by atoms with Crippen LogP contribution in [-0.4, -0.2) is 69.2 Å². The number of rotatable bonds is 5. The molecular weight excluding hydrogens is 452 g/mol. The number of carbonyl (C=O) groups excluding carboxylic acids is 3. The number of anilines is 1. The minimum atomic E-state index is -0.523. The first-order valence-electron chi connectivity index (χ1n) is 11.8. The summed E-state index contributed by atoms with van der Waals surface area (Å²) in [5.74, 6) is -0.120. The Labute approximate surface area is 204 Å². The number of hydrogen-bond donors (Lipinski definition) is 0. The lowest BCUT2D eigenvalue weighted by molar-refractivity contribution is -0.142. The number of ether oxygens (including phenoxy) is 4. The molecule has 2 heterocycles. The van der Waals surface area contributed by atoms with Crippen LogP contribution in [0.5, 0.6) is 11.5 Å². The van der Waals surface area contributed by atoms with Crippen LogP contribution >= 0.6 is 0 Å². The van der Waals surface area contributed by atoms with Crippen LogP contribution in [-0.2, 0) is 19.1 Å². The summed E-state index contributed by atoms with van der Waals surface area (Å²) in [6.45, 7) is 2.81. The maximum atomic E-state index is 13.5. The van der Waals surface area contributed by atoms with E-state index in [1.165, 1.54) is 9.80 Å². The number of esters is 1. The van der Waals surface area contributed by atoms with Crippen LogP contribution in [0.3, 0.4) is 0 Å². The van der Waals surface area contributed by atoms with Crippen molar-refractivity contribution in [3.05, 3.63) is 53.6 Å². The summed E-state index contributed by atoms with van der Waals surface area (Å²) in [6, 6.07) is 12.3. The molecule has 0 fully saturated rings. The van der Waals surface area contributed by atoms with Crippen molar-refractivity contribution in [2.24, 2.45) is 0 Å². The van der Waals surface area contributed by atoms with Crippen LogP contribution in [0, 0.1) is 0 Å². The molecule has 9 heteroatoms. The summed E-state index contributed by atoms with van der Waals surface area (Å²) < 4.78 is 22.2. The zero-order valence-electron chi connectivity index (χ0n) is 20.0. The Hall–Kier alpha value is -3.59. The van der Waals surface area contributed by atoms with E-state index in [2.05, 4.69) is 0 Å². The van der Waals surface area contributed by atoms with Gasteiger partial charge in [0, 0.05) is 31.2 Å². The minimum absolute atomic E-state index is 0.197. The highest BCUT2D eigenvalue weighted by atomic mass is 16.5. The van der Waals surface area contributed by atoms with Crippen LogP contribution in [0.2, 0.25) is 0 Å². The van der Waals surface area contributed by atoms with Gasteiger partial charge in [-0.2, -0.15) is 0 Å². The van der Waals surface area contributed by atoms with Gasteiger partial charge in [-0.1, -0.05) is 18.2 Å². The smallest absolute Gasteiger partial charge is 0.326 e. The zero-order chi connectivity index (χ0) is 24.8. The number of benzene rings is 2. The summed E-state index contributed by atoms with van der Waals surface area (Å²) in [5, 5.41) is 0. The van der Waals surface area contributed by atoms with Gasteiger partial charge in [0.15, 0.2) is 11.5 Å². The van der Waals surface area contributed by atoms with Crippen LogP contribution in [0.1, 0.15) is 41.8 Å². The Morgan fingerprint density at radius 1 is 1.09 bits per heavy atom. The van der Waals surface area contributed by atoms with E-state index in [-0.39, 0.29) is 37.6 Å². The fourth-order valence-corrected chi connectivity index (χ4v) is 4.30. The van der Waals surface area contributed by atoms with Crippen molar-refractivity contribution in [3.8, 4) is 11.5 Å². The van der Waals surface area contributed by atoms with Crippen LogP contribution < -0.4 is 14.4 Å². The number of hydrogen-bond acceptors (Lipinski definition) is 7. The van der Waals surface area contributed by atoms with Crippen molar-refractivity contribution < 1.29 is 33.3 Å². The Kier molecular flexibility index (Phi) is 7.87. The van der Waals surface area contributed by atoms with E-state index in [9.17, 15) is 14.4 Å². The molecule has 0 saturated carbocycles. The van der Waals surface area contributed by atoms with Gasteiger partial charge in [0.25, 0.3) is 5.91 Å². The van der Waals surface area contributed by atoms with Gasteiger partial charge in [0.2, 0.25) is 5.91 Å². The van der Waals surface area contributed by atoms with E-state index in [0.717, 1.165) is 12.0 Å². The average Bonchev–Trinajstić information content (AvgIpc) is 3.09. The lowest BCUT2D eigenvalue weighted by Crippen LogP contribution is -2.45. The van der Waals surface area contributed by atoms with E-state index in [1.54, 1.807) is 44.4 Å². The third-order valence-corrected chi connectivity index (χ3v) is 6.02. The Morgan fingerprint density at radius 3 is 2.63 bits per heavy atom. The van der Waals surface area contributed by atoms with Gasteiger partial charge in [-0.3, -0.25) is 19.3 Å². The third kappa shape index (κ3) is 5.57. The molecule has 0 N–H and O–H groups in total. The molecule has 35 heavy (non-hydrogen) atoms. The molecule has 0 aliphatic carbocycles. The summed E-state index contributed by atoms with van der Waals surface area (Å²) in [7, 11) is 1.59. The lowest BCUT2D eigenvalue weighted by atomic mass is 10.0. The normalized spacial score (nSPS) is 18.0. The number of carbonyl (C=O) groups is 3. The van der Waals surface area contributed by atoms with Gasteiger partial charge in [0.05, 0.1) is 31.6 Å². The SMILES string of the molecule is CCOC(=O)CN1C(=O)CN(C(=O)c2ccc3c(c2)OCCCO3)CCC(OC)c2ccccc21. The molecule has 1 unspecified atom stereocenters. The van der Waals surface area contributed by atoms with E-state index in [4.69, 9.17) is 18.9 Å². The van der Waals surface area contributed by atoms with Crippen molar-refractivity contribution in [2.75, 3.05) is 51.5 Å². The Bertz CT molecular complexity index is 1090. The van der Waals surface area contributed by atoms with Gasteiger partial charge >= 0.3 is 5.97 Å². The van der Waals surface area contributed by atoms with E-state index in [0.29, 0.717) is 48.9 Å². The van der Waals surface area contributed by atoms with Crippen LogP contribution in [0.25, 0.3) is 0 Å². The number of amides is 2. The van der Waals surface area contributed by atoms with E-state index >= 15 is 0 Å². The first-order chi connectivity index (χ1) is 17.0. The highest BCUT2D eigenvalue weighted by Crippen LogP contribution is 2.34. The molecule has 1 atom stereocenters. The second-order valence-corrected chi connectivity index (χ2v) is 8.30. The molecule has 2 amide bonds. The Morgan fingerprint density at radius 2 is 1.86 bits per heavy atom. The first-order valence-corrected chi connectivity index (χ1v) is 11.8. The first kappa shape index (κ1) is 24.5. The molecule has 0 spiro atoms. The molecule has 186 valence electrons. The third-order valence-electron chi connectivity index (χ3n) is 6.02. The summed E-state index contributed by atoms with van der Waals surface area (Å²) in [4.78, 5) is 42.2. The Balaban J connectivity index is 1.65. The summed E-state index contributed by atoms with van der Waals surface area (Å²) >= 11 is 0. The molecular formula is C26H30N2O7. The number of nitrogens with zero attached hydrogens (tertiary/aromatic N) is 2. The number of methoxy groups -OCH3 is 1. The average molecular weight is 483 g/mol. The summed E-state index contributed by atoms with van der Waals surface area (Å²) in [5.41, 5.74) is 1.74. The van der Waals surface area contributed by atoms with Gasteiger partial charge < -0.3 is 23.8 Å². The monoisotopic (exact) mass is 482 g/mol. The molecule has 2 aromatic carbocycles. The maximum Gasteiger partial charge on any atom is 0.326 e. The van der Waals surface area contributed by atoms with Gasteiger partial charge in [-0.25, -0.2) is 0 Å². The minimum Gasteiger partial charge on any atom is -0.490 e. The molecule has 0 saturated heterocycles. The van der Waals surface area contributed by atoms with Crippen molar-refractivity contribution in [2.45, 2.75) is 25.9 Å². The van der Waals surface area contributed by atoms with Crippen molar-refractivity contribution in [3.63, 3.8) is 0 Å². The highest BCUT2D eigenvalue weighted by Gasteiger charge is 2.31.